The van der Waals surface area contributed by atoms with Crippen LogP contribution in [0.25, 0.3) is 0 Å². The van der Waals surface area contributed by atoms with Gasteiger partial charge >= 0.3 is 0 Å². The van der Waals surface area contributed by atoms with Crippen LogP contribution in [0.2, 0.25) is 0 Å². The average molecular weight is 246 g/mol. The van der Waals surface area contributed by atoms with Gasteiger partial charge in [0, 0.05) is 30.7 Å². The minimum atomic E-state index is 0.832. The molecule has 2 fully saturated rings. The summed E-state index contributed by atoms with van der Waals surface area (Å²) in [5, 5.41) is 0. The highest BCUT2D eigenvalue weighted by molar-refractivity contribution is 5.15. The van der Waals surface area contributed by atoms with Gasteiger partial charge in [0.15, 0.2) is 0 Å². The molecule has 0 N–H and O–H groups in total. The van der Waals surface area contributed by atoms with E-state index in [1.54, 1.807) is 5.70 Å². The lowest BCUT2D eigenvalue weighted by molar-refractivity contribution is 0.161. The zero-order valence-electron chi connectivity index (χ0n) is 11.5. The maximum Gasteiger partial charge on any atom is 0.0353 e. The first-order valence-corrected chi connectivity index (χ1v) is 7.68. The molecule has 0 aromatic carbocycles. The van der Waals surface area contributed by atoms with Crippen LogP contribution in [0.4, 0.5) is 0 Å². The van der Waals surface area contributed by atoms with Crippen molar-refractivity contribution in [1.29, 1.82) is 0 Å². The van der Waals surface area contributed by atoms with Gasteiger partial charge in [0.05, 0.1) is 0 Å². The molecule has 3 aliphatic rings. The van der Waals surface area contributed by atoms with Crippen molar-refractivity contribution in [3.63, 3.8) is 0 Å². The van der Waals surface area contributed by atoms with Gasteiger partial charge in [-0.2, -0.15) is 0 Å². The minimum Gasteiger partial charge on any atom is -0.371 e. The van der Waals surface area contributed by atoms with Crippen molar-refractivity contribution < 1.29 is 0 Å². The fourth-order valence-electron chi connectivity index (χ4n) is 4.04. The van der Waals surface area contributed by atoms with Gasteiger partial charge in [0.1, 0.15) is 0 Å². The SMILES string of the molecule is C=CCN1CCCC2CC(N3CCCC3)CC=C21. The van der Waals surface area contributed by atoms with E-state index in [0.29, 0.717) is 0 Å². The van der Waals surface area contributed by atoms with Crippen molar-refractivity contribution in [2.45, 2.75) is 44.6 Å². The lowest BCUT2D eigenvalue weighted by Crippen LogP contribution is -2.42. The van der Waals surface area contributed by atoms with E-state index in [2.05, 4.69) is 28.5 Å². The summed E-state index contributed by atoms with van der Waals surface area (Å²) in [4.78, 5) is 5.29. The Kier molecular flexibility index (Phi) is 3.74. The normalized spacial score (nSPS) is 33.1. The fraction of sp³-hybridized carbons (Fsp3) is 0.750. The molecule has 2 unspecified atom stereocenters. The van der Waals surface area contributed by atoms with E-state index in [4.69, 9.17) is 0 Å². The zero-order valence-corrected chi connectivity index (χ0v) is 11.5. The Morgan fingerprint density at radius 2 is 2.06 bits per heavy atom. The summed E-state index contributed by atoms with van der Waals surface area (Å²) in [6.45, 7) is 8.86. The molecule has 0 aromatic heterocycles. The molecule has 2 saturated heterocycles. The van der Waals surface area contributed by atoms with E-state index in [1.165, 1.54) is 58.2 Å². The lowest BCUT2D eigenvalue weighted by atomic mass is 9.82. The quantitative estimate of drug-likeness (QED) is 0.706. The molecular weight excluding hydrogens is 220 g/mol. The third-order valence-electron chi connectivity index (χ3n) is 4.93. The molecule has 18 heavy (non-hydrogen) atoms. The molecule has 1 aliphatic carbocycles. The molecular formula is C16H26N2. The summed E-state index contributed by atoms with van der Waals surface area (Å²) >= 11 is 0. The van der Waals surface area contributed by atoms with Crippen LogP contribution >= 0.6 is 0 Å². The number of fused-ring (bicyclic) bond motifs is 1. The first-order valence-electron chi connectivity index (χ1n) is 7.68. The van der Waals surface area contributed by atoms with E-state index in [9.17, 15) is 0 Å². The molecule has 2 heterocycles. The van der Waals surface area contributed by atoms with Crippen LogP contribution in [0.3, 0.4) is 0 Å². The predicted octanol–water partition coefficient (Wildman–Crippen LogP) is 3.03. The van der Waals surface area contributed by atoms with Crippen molar-refractivity contribution >= 4 is 0 Å². The molecule has 0 radical (unpaired) electrons. The van der Waals surface area contributed by atoms with E-state index < -0.39 is 0 Å². The number of hydrogen-bond acceptors (Lipinski definition) is 2. The lowest BCUT2D eigenvalue weighted by Gasteiger charge is -2.43. The molecule has 0 saturated carbocycles. The van der Waals surface area contributed by atoms with Gasteiger partial charge in [-0.15, -0.1) is 6.58 Å². The molecule has 2 atom stereocenters. The molecule has 0 spiro atoms. The van der Waals surface area contributed by atoms with Gasteiger partial charge in [-0.1, -0.05) is 12.2 Å². The van der Waals surface area contributed by atoms with Crippen molar-refractivity contribution in [2.75, 3.05) is 26.2 Å². The van der Waals surface area contributed by atoms with E-state index in [-0.39, 0.29) is 0 Å². The first kappa shape index (κ1) is 12.3. The molecule has 0 amide bonds. The van der Waals surface area contributed by atoms with Crippen LogP contribution in [0.5, 0.6) is 0 Å². The molecule has 2 heteroatoms. The summed E-state index contributed by atoms with van der Waals surface area (Å²) < 4.78 is 0. The molecule has 2 aliphatic heterocycles. The smallest absolute Gasteiger partial charge is 0.0353 e. The van der Waals surface area contributed by atoms with E-state index >= 15 is 0 Å². The van der Waals surface area contributed by atoms with Crippen LogP contribution in [0.1, 0.15) is 38.5 Å². The molecule has 2 nitrogen and oxygen atoms in total. The maximum absolute atomic E-state index is 3.89. The molecule has 3 rings (SSSR count). The highest BCUT2D eigenvalue weighted by Gasteiger charge is 2.33. The molecule has 0 aromatic rings. The highest BCUT2D eigenvalue weighted by Crippen LogP contribution is 2.37. The van der Waals surface area contributed by atoms with Gasteiger partial charge < -0.3 is 9.80 Å². The average Bonchev–Trinajstić information content (AvgIpc) is 2.93. The van der Waals surface area contributed by atoms with Gasteiger partial charge in [-0.05, 0) is 51.6 Å². The van der Waals surface area contributed by atoms with E-state index in [1.807, 2.05) is 0 Å². The monoisotopic (exact) mass is 246 g/mol. The van der Waals surface area contributed by atoms with Gasteiger partial charge in [0.2, 0.25) is 0 Å². The van der Waals surface area contributed by atoms with Crippen molar-refractivity contribution in [2.24, 2.45) is 5.92 Å². The third kappa shape index (κ3) is 2.35. The maximum atomic E-state index is 3.89. The molecule has 0 bridgehead atoms. The topological polar surface area (TPSA) is 6.48 Å². The van der Waals surface area contributed by atoms with Crippen molar-refractivity contribution in [3.8, 4) is 0 Å². The predicted molar refractivity (Wildman–Crippen MR) is 76.4 cm³/mol. The summed E-state index contributed by atoms with van der Waals surface area (Å²) in [5.41, 5.74) is 1.64. The number of piperidine rings is 1. The summed E-state index contributed by atoms with van der Waals surface area (Å²) in [6.07, 6.45) is 12.9. The van der Waals surface area contributed by atoms with Crippen LogP contribution in [0, 0.1) is 5.92 Å². The van der Waals surface area contributed by atoms with Crippen LogP contribution in [0.15, 0.2) is 24.4 Å². The fourth-order valence-corrected chi connectivity index (χ4v) is 4.04. The van der Waals surface area contributed by atoms with Crippen molar-refractivity contribution in [3.05, 3.63) is 24.4 Å². The summed E-state index contributed by atoms with van der Waals surface area (Å²) in [7, 11) is 0. The number of allylic oxidation sites excluding steroid dienone is 1. The second-order valence-electron chi connectivity index (χ2n) is 6.07. The number of likely N-dealkylation sites (tertiary alicyclic amines) is 2. The first-order chi connectivity index (χ1) is 8.88. The Hall–Kier alpha value is -0.760. The zero-order chi connectivity index (χ0) is 12.4. The Balaban J connectivity index is 1.69. The Labute approximate surface area is 111 Å². The van der Waals surface area contributed by atoms with E-state index in [0.717, 1.165) is 18.5 Å². The minimum absolute atomic E-state index is 0.832. The summed E-state index contributed by atoms with van der Waals surface area (Å²) in [6, 6.07) is 0.838. The largest absolute Gasteiger partial charge is 0.371 e. The van der Waals surface area contributed by atoms with Gasteiger partial charge in [-0.25, -0.2) is 0 Å². The summed E-state index contributed by atoms with van der Waals surface area (Å²) in [5.74, 6) is 0.832. The number of nitrogens with zero attached hydrogens (tertiary/aromatic N) is 2. The van der Waals surface area contributed by atoms with Crippen LogP contribution in [-0.4, -0.2) is 42.0 Å². The Morgan fingerprint density at radius 3 is 2.83 bits per heavy atom. The van der Waals surface area contributed by atoms with Gasteiger partial charge in [-0.3, -0.25) is 0 Å². The second kappa shape index (κ2) is 5.48. The Bertz CT molecular complexity index is 328. The van der Waals surface area contributed by atoms with Crippen LogP contribution in [-0.2, 0) is 0 Å². The molecule has 100 valence electrons. The number of hydrogen-bond donors (Lipinski definition) is 0. The Morgan fingerprint density at radius 1 is 1.22 bits per heavy atom. The standard InChI is InChI=1S/C16H26N2/c1-2-9-18-12-5-6-14-13-15(7-8-16(14)18)17-10-3-4-11-17/h2,8,14-15H,1,3-7,9-13H2. The number of rotatable bonds is 3. The van der Waals surface area contributed by atoms with Crippen molar-refractivity contribution in [1.82, 2.24) is 9.80 Å². The van der Waals surface area contributed by atoms with Crippen LogP contribution < -0.4 is 0 Å². The highest BCUT2D eigenvalue weighted by atomic mass is 15.2. The van der Waals surface area contributed by atoms with Gasteiger partial charge in [0.25, 0.3) is 0 Å². The second-order valence-corrected chi connectivity index (χ2v) is 6.07. The third-order valence-corrected chi connectivity index (χ3v) is 4.93.